The Kier molecular flexibility index (Phi) is 13.7. The number of pyridine rings is 1. The molecule has 12 aromatic rings. The average Bonchev–Trinajstić information content (AvgIpc) is 4.37. The molecule has 0 unspecified atom stereocenters. The molecular formula is C77H61N5. The SMILES string of the molecule is c1ccc(-c2ccc(-c3ccnc(-c4ccc(-c5ccccc5-c5cc(CCc6ccc(N7CN(c8ccccc8)c8ccccc87)cc6)cc(CCc6ccc(N7CN(c8ccccc8)c8ccccc87)cc6)c5)cc4)c3)cc2)cc1. The van der Waals surface area contributed by atoms with E-state index in [1.54, 1.807) is 0 Å². The number of anilines is 8. The molecule has 0 N–H and O–H groups in total. The van der Waals surface area contributed by atoms with Gasteiger partial charge in [0.1, 0.15) is 13.3 Å². The minimum atomic E-state index is 0.769. The van der Waals surface area contributed by atoms with Crippen molar-refractivity contribution in [3.63, 3.8) is 0 Å². The van der Waals surface area contributed by atoms with Crippen molar-refractivity contribution in [1.82, 2.24) is 4.98 Å². The standard InChI is InChI=1S/C77H61N5/c1-4-16-60(17-5-1)61-36-38-62(39-37-61)65-48-49-78-73(53-65)64-42-40-63(41-43-64)71-22-10-11-23-72(71)66-51-58(30-28-56-32-44-69(45-33-56)81-54-79(67-18-6-2-7-19-67)74-24-12-14-26-76(74)81)50-59(52-66)31-29-57-34-46-70(47-35-57)82-55-80(68-20-8-3-9-21-68)75-25-13-15-27-77(75)82/h1-27,32-53H,28-31,54-55H2. The van der Waals surface area contributed by atoms with Crippen molar-refractivity contribution in [2.45, 2.75) is 25.7 Å². The number of aryl methyl sites for hydroxylation is 4. The molecule has 0 aliphatic carbocycles. The van der Waals surface area contributed by atoms with Crippen LogP contribution in [0.2, 0.25) is 0 Å². The number of nitrogens with zero attached hydrogens (tertiary/aromatic N) is 5. The van der Waals surface area contributed by atoms with Gasteiger partial charge in [0.05, 0.1) is 28.4 Å². The van der Waals surface area contributed by atoms with Gasteiger partial charge in [-0.3, -0.25) is 4.98 Å². The summed E-state index contributed by atoms with van der Waals surface area (Å²) in [5.74, 6) is 0. The second-order valence-corrected chi connectivity index (χ2v) is 21.5. The Bertz CT molecular complexity index is 3980. The number of hydrogen-bond donors (Lipinski definition) is 0. The summed E-state index contributed by atoms with van der Waals surface area (Å²) in [5, 5.41) is 0. The summed E-state index contributed by atoms with van der Waals surface area (Å²) < 4.78 is 0. The molecule has 394 valence electrons. The monoisotopic (exact) mass is 1060 g/mol. The summed E-state index contributed by atoms with van der Waals surface area (Å²) in [5.41, 5.74) is 26.7. The van der Waals surface area contributed by atoms with Crippen molar-refractivity contribution >= 4 is 45.5 Å². The Hall–Kier alpha value is -10.2. The highest BCUT2D eigenvalue weighted by molar-refractivity contribution is 5.89. The lowest BCUT2D eigenvalue weighted by Crippen LogP contribution is -2.23. The third kappa shape index (κ3) is 10.3. The molecule has 0 atom stereocenters. The number of para-hydroxylation sites is 6. The second kappa shape index (κ2) is 22.5. The number of aromatic nitrogens is 1. The first-order chi connectivity index (χ1) is 40.6. The van der Waals surface area contributed by atoms with Gasteiger partial charge < -0.3 is 19.6 Å². The molecule has 0 fully saturated rings. The largest absolute Gasteiger partial charge is 0.321 e. The fraction of sp³-hybridized carbons (Fsp3) is 0.0779. The average molecular weight is 1060 g/mol. The number of fused-ring (bicyclic) bond motifs is 2. The van der Waals surface area contributed by atoms with Crippen LogP contribution in [-0.2, 0) is 25.7 Å². The Balaban J connectivity index is 0.726. The Morgan fingerprint density at radius 3 is 1.07 bits per heavy atom. The molecule has 5 nitrogen and oxygen atoms in total. The molecule has 3 heterocycles. The predicted octanol–water partition coefficient (Wildman–Crippen LogP) is 19.5. The van der Waals surface area contributed by atoms with Crippen molar-refractivity contribution in [1.29, 1.82) is 0 Å². The Morgan fingerprint density at radius 1 is 0.244 bits per heavy atom. The first-order valence-corrected chi connectivity index (χ1v) is 28.6. The van der Waals surface area contributed by atoms with Gasteiger partial charge in [-0.05, 0) is 177 Å². The van der Waals surface area contributed by atoms with Crippen LogP contribution in [0.4, 0.5) is 45.5 Å². The summed E-state index contributed by atoms with van der Waals surface area (Å²) in [6, 6.07) is 106. The van der Waals surface area contributed by atoms with E-state index >= 15 is 0 Å². The van der Waals surface area contributed by atoms with E-state index in [1.165, 1.54) is 107 Å². The molecule has 0 bridgehead atoms. The number of rotatable bonds is 15. The van der Waals surface area contributed by atoms with E-state index in [-0.39, 0.29) is 0 Å². The maximum atomic E-state index is 4.85. The molecule has 82 heavy (non-hydrogen) atoms. The molecule has 11 aromatic carbocycles. The van der Waals surface area contributed by atoms with E-state index in [4.69, 9.17) is 4.98 Å². The van der Waals surface area contributed by atoms with Crippen LogP contribution in [0.3, 0.4) is 0 Å². The molecule has 5 heteroatoms. The van der Waals surface area contributed by atoms with E-state index in [9.17, 15) is 0 Å². The minimum absolute atomic E-state index is 0.769. The van der Waals surface area contributed by atoms with Crippen molar-refractivity contribution in [3.8, 4) is 55.8 Å². The van der Waals surface area contributed by atoms with E-state index in [2.05, 4.69) is 311 Å². The molecule has 0 saturated carbocycles. The van der Waals surface area contributed by atoms with Crippen LogP contribution in [0.25, 0.3) is 55.8 Å². The lowest BCUT2D eigenvalue weighted by molar-refractivity contribution is 0.929. The van der Waals surface area contributed by atoms with Gasteiger partial charge in [-0.1, -0.05) is 206 Å². The zero-order valence-corrected chi connectivity index (χ0v) is 45.8. The first kappa shape index (κ1) is 50.0. The molecule has 14 rings (SSSR count). The topological polar surface area (TPSA) is 25.9 Å². The van der Waals surface area contributed by atoms with Crippen LogP contribution in [0.5, 0.6) is 0 Å². The highest BCUT2D eigenvalue weighted by Crippen LogP contribution is 2.46. The molecule has 0 amide bonds. The molecular weight excluding hydrogens is 995 g/mol. The van der Waals surface area contributed by atoms with Crippen LogP contribution in [0, 0.1) is 0 Å². The molecule has 2 aliphatic heterocycles. The number of benzene rings is 11. The Morgan fingerprint density at radius 2 is 0.598 bits per heavy atom. The first-order valence-electron chi connectivity index (χ1n) is 28.6. The lowest BCUT2D eigenvalue weighted by Gasteiger charge is -2.22. The number of hydrogen-bond acceptors (Lipinski definition) is 5. The normalized spacial score (nSPS) is 12.6. The van der Waals surface area contributed by atoms with Crippen LogP contribution in [0.1, 0.15) is 22.3 Å². The molecule has 0 spiro atoms. The maximum absolute atomic E-state index is 4.85. The van der Waals surface area contributed by atoms with Crippen LogP contribution < -0.4 is 19.6 Å². The highest BCUT2D eigenvalue weighted by atomic mass is 15.4. The van der Waals surface area contributed by atoms with Gasteiger partial charge in [-0.2, -0.15) is 0 Å². The van der Waals surface area contributed by atoms with E-state index < -0.39 is 0 Å². The Labute approximate surface area is 481 Å². The van der Waals surface area contributed by atoms with Gasteiger partial charge in [-0.15, -0.1) is 0 Å². The molecule has 0 saturated heterocycles. The van der Waals surface area contributed by atoms with Gasteiger partial charge in [0.2, 0.25) is 0 Å². The van der Waals surface area contributed by atoms with Crippen molar-refractivity contribution in [2.75, 3.05) is 32.9 Å². The minimum Gasteiger partial charge on any atom is -0.321 e. The summed E-state index contributed by atoms with van der Waals surface area (Å²) >= 11 is 0. The summed E-state index contributed by atoms with van der Waals surface area (Å²) in [7, 11) is 0. The maximum Gasteiger partial charge on any atom is 0.100 e. The molecule has 0 radical (unpaired) electrons. The van der Waals surface area contributed by atoms with Gasteiger partial charge in [0, 0.05) is 34.5 Å². The van der Waals surface area contributed by atoms with Crippen LogP contribution in [0.15, 0.2) is 297 Å². The van der Waals surface area contributed by atoms with Crippen LogP contribution >= 0.6 is 0 Å². The summed E-state index contributed by atoms with van der Waals surface area (Å²) in [6.07, 6.45) is 5.67. The van der Waals surface area contributed by atoms with Crippen molar-refractivity contribution in [2.24, 2.45) is 0 Å². The molecule has 1 aromatic heterocycles. The highest BCUT2D eigenvalue weighted by Gasteiger charge is 2.29. The van der Waals surface area contributed by atoms with E-state index in [0.29, 0.717) is 0 Å². The lowest BCUT2D eigenvalue weighted by atomic mass is 9.90. The zero-order chi connectivity index (χ0) is 54.6. The fourth-order valence-electron chi connectivity index (χ4n) is 12.1. The fourth-order valence-corrected chi connectivity index (χ4v) is 12.1. The van der Waals surface area contributed by atoms with Crippen molar-refractivity contribution < 1.29 is 0 Å². The molecule has 2 aliphatic rings. The third-order valence-corrected chi connectivity index (χ3v) is 16.4. The third-order valence-electron chi connectivity index (χ3n) is 16.4. The predicted molar refractivity (Wildman–Crippen MR) is 343 cm³/mol. The van der Waals surface area contributed by atoms with Gasteiger partial charge in [0.25, 0.3) is 0 Å². The van der Waals surface area contributed by atoms with Gasteiger partial charge in [-0.25, -0.2) is 0 Å². The van der Waals surface area contributed by atoms with E-state index in [0.717, 1.165) is 55.8 Å². The second-order valence-electron chi connectivity index (χ2n) is 21.5. The van der Waals surface area contributed by atoms with Gasteiger partial charge in [0.15, 0.2) is 0 Å². The van der Waals surface area contributed by atoms with Crippen molar-refractivity contribution in [3.05, 3.63) is 320 Å². The smallest absolute Gasteiger partial charge is 0.100 e. The van der Waals surface area contributed by atoms with Crippen LogP contribution in [-0.4, -0.2) is 18.3 Å². The van der Waals surface area contributed by atoms with Gasteiger partial charge >= 0.3 is 0 Å². The summed E-state index contributed by atoms with van der Waals surface area (Å²) in [6.45, 7) is 1.54. The summed E-state index contributed by atoms with van der Waals surface area (Å²) in [4.78, 5) is 14.5. The van der Waals surface area contributed by atoms with E-state index in [1.807, 2.05) is 6.20 Å². The quantitative estimate of drug-likeness (QED) is 0.102. The zero-order valence-electron chi connectivity index (χ0n) is 45.8.